The summed E-state index contributed by atoms with van der Waals surface area (Å²) in [6, 6.07) is 19.8. The minimum absolute atomic E-state index is 0.117. The molecule has 162 valence electrons. The van der Waals surface area contributed by atoms with Crippen LogP contribution < -0.4 is 4.90 Å². The van der Waals surface area contributed by atoms with E-state index in [-0.39, 0.29) is 11.7 Å². The third-order valence-electron chi connectivity index (χ3n) is 5.54. The van der Waals surface area contributed by atoms with E-state index in [0.29, 0.717) is 48.3 Å². The third kappa shape index (κ3) is 3.89. The van der Waals surface area contributed by atoms with Gasteiger partial charge >= 0.3 is 0 Å². The first kappa shape index (κ1) is 20.7. The number of nitrogens with zero attached hydrogens (tertiary/aromatic N) is 4. The SMILES string of the molecule is O=C(c1cc(-c2cccs2)nn1-c1ccccc1Cl)N1CCN(c2ccccc2F)CC1. The first-order valence-electron chi connectivity index (χ1n) is 10.3. The van der Waals surface area contributed by atoms with E-state index in [1.165, 1.54) is 6.07 Å². The highest BCUT2D eigenvalue weighted by Crippen LogP contribution is 2.29. The van der Waals surface area contributed by atoms with Crippen LogP contribution in [0.3, 0.4) is 0 Å². The predicted octanol–water partition coefficient (Wildman–Crippen LogP) is 5.36. The van der Waals surface area contributed by atoms with E-state index < -0.39 is 0 Å². The van der Waals surface area contributed by atoms with Gasteiger partial charge in [0.05, 0.1) is 21.3 Å². The quantitative estimate of drug-likeness (QED) is 0.407. The number of para-hydroxylation sites is 2. The average Bonchev–Trinajstić information content (AvgIpc) is 3.50. The number of hydrogen-bond acceptors (Lipinski definition) is 4. The molecule has 2 aromatic heterocycles. The highest BCUT2D eigenvalue weighted by Gasteiger charge is 2.27. The minimum Gasteiger partial charge on any atom is -0.366 e. The van der Waals surface area contributed by atoms with Gasteiger partial charge in [-0.25, -0.2) is 9.07 Å². The summed E-state index contributed by atoms with van der Waals surface area (Å²) in [5.41, 5.74) is 2.42. The molecule has 0 aliphatic carbocycles. The van der Waals surface area contributed by atoms with Crippen LogP contribution in [0.5, 0.6) is 0 Å². The van der Waals surface area contributed by atoms with Crippen molar-refractivity contribution in [2.75, 3.05) is 31.1 Å². The number of rotatable bonds is 4. The molecule has 0 radical (unpaired) electrons. The van der Waals surface area contributed by atoms with Crippen LogP contribution in [0.2, 0.25) is 5.02 Å². The summed E-state index contributed by atoms with van der Waals surface area (Å²) >= 11 is 8.00. The van der Waals surface area contributed by atoms with Gasteiger partial charge in [0.15, 0.2) is 0 Å². The van der Waals surface area contributed by atoms with E-state index in [2.05, 4.69) is 0 Å². The number of aromatic nitrogens is 2. The smallest absolute Gasteiger partial charge is 0.272 e. The van der Waals surface area contributed by atoms with Crippen molar-refractivity contribution < 1.29 is 9.18 Å². The molecule has 5 nitrogen and oxygen atoms in total. The van der Waals surface area contributed by atoms with Gasteiger partial charge < -0.3 is 9.80 Å². The van der Waals surface area contributed by atoms with Crippen LogP contribution >= 0.6 is 22.9 Å². The normalized spacial score (nSPS) is 14.1. The lowest BCUT2D eigenvalue weighted by Gasteiger charge is -2.36. The molecule has 0 spiro atoms. The van der Waals surface area contributed by atoms with Crippen LogP contribution in [0.15, 0.2) is 72.1 Å². The average molecular weight is 467 g/mol. The Labute approximate surface area is 194 Å². The van der Waals surface area contributed by atoms with Crippen molar-refractivity contribution in [1.29, 1.82) is 0 Å². The van der Waals surface area contributed by atoms with Crippen molar-refractivity contribution in [3.05, 3.63) is 88.6 Å². The molecule has 2 aromatic carbocycles. The molecule has 1 amide bonds. The maximum atomic E-state index is 14.2. The number of piperazine rings is 1. The maximum absolute atomic E-state index is 14.2. The lowest BCUT2D eigenvalue weighted by molar-refractivity contribution is 0.0737. The van der Waals surface area contributed by atoms with E-state index >= 15 is 0 Å². The summed E-state index contributed by atoms with van der Waals surface area (Å²) in [4.78, 5) is 18.3. The lowest BCUT2D eigenvalue weighted by Crippen LogP contribution is -2.49. The van der Waals surface area contributed by atoms with E-state index in [9.17, 15) is 9.18 Å². The summed E-state index contributed by atoms with van der Waals surface area (Å²) in [7, 11) is 0. The Kier molecular flexibility index (Phi) is 5.68. The van der Waals surface area contributed by atoms with Gasteiger partial charge in [0.2, 0.25) is 0 Å². The van der Waals surface area contributed by atoms with Gasteiger partial charge in [-0.1, -0.05) is 41.9 Å². The number of halogens is 2. The molecule has 0 N–H and O–H groups in total. The van der Waals surface area contributed by atoms with Crippen molar-refractivity contribution in [3.63, 3.8) is 0 Å². The molecule has 1 fully saturated rings. The molecule has 0 bridgehead atoms. The maximum Gasteiger partial charge on any atom is 0.272 e. The summed E-state index contributed by atoms with van der Waals surface area (Å²) in [6.45, 7) is 2.11. The van der Waals surface area contributed by atoms with Gasteiger partial charge in [-0.3, -0.25) is 4.79 Å². The molecule has 5 rings (SSSR count). The Morgan fingerprint density at radius 3 is 2.34 bits per heavy atom. The Morgan fingerprint density at radius 2 is 1.66 bits per heavy atom. The zero-order chi connectivity index (χ0) is 22.1. The van der Waals surface area contributed by atoms with Gasteiger partial charge in [0, 0.05) is 26.2 Å². The van der Waals surface area contributed by atoms with Gasteiger partial charge in [0.1, 0.15) is 17.2 Å². The molecule has 1 saturated heterocycles. The fraction of sp³-hybridized carbons (Fsp3) is 0.167. The van der Waals surface area contributed by atoms with Crippen molar-refractivity contribution in [1.82, 2.24) is 14.7 Å². The topological polar surface area (TPSA) is 41.4 Å². The van der Waals surface area contributed by atoms with E-state index in [4.69, 9.17) is 16.7 Å². The minimum atomic E-state index is -0.246. The molecule has 32 heavy (non-hydrogen) atoms. The summed E-state index contributed by atoms with van der Waals surface area (Å²) in [5.74, 6) is -0.363. The van der Waals surface area contributed by atoms with Crippen molar-refractivity contribution >= 4 is 34.5 Å². The van der Waals surface area contributed by atoms with Crippen LogP contribution in [-0.4, -0.2) is 46.8 Å². The van der Waals surface area contributed by atoms with Crippen LogP contribution in [0.1, 0.15) is 10.5 Å². The molecular formula is C24H20ClFN4OS. The van der Waals surface area contributed by atoms with E-state index in [0.717, 1.165) is 10.6 Å². The number of amides is 1. The summed E-state index contributed by atoms with van der Waals surface area (Å²) in [6.07, 6.45) is 0. The number of hydrogen-bond donors (Lipinski definition) is 0. The number of benzene rings is 2. The molecule has 1 aliphatic rings. The second-order valence-corrected chi connectivity index (χ2v) is 8.84. The number of thiophene rings is 1. The molecule has 3 heterocycles. The van der Waals surface area contributed by atoms with Gasteiger partial charge in [0.25, 0.3) is 5.91 Å². The molecule has 0 unspecified atom stereocenters. The molecule has 1 aliphatic heterocycles. The number of anilines is 1. The monoisotopic (exact) mass is 466 g/mol. The highest BCUT2D eigenvalue weighted by molar-refractivity contribution is 7.13. The largest absolute Gasteiger partial charge is 0.366 e. The Balaban J connectivity index is 1.43. The summed E-state index contributed by atoms with van der Waals surface area (Å²) in [5, 5.41) is 7.21. The Hall–Kier alpha value is -3.16. The molecule has 8 heteroatoms. The Bertz CT molecular complexity index is 1250. The first-order valence-corrected chi connectivity index (χ1v) is 11.5. The number of carbonyl (C=O) groups is 1. The van der Waals surface area contributed by atoms with Crippen molar-refractivity contribution in [2.24, 2.45) is 0 Å². The summed E-state index contributed by atoms with van der Waals surface area (Å²) < 4.78 is 15.8. The van der Waals surface area contributed by atoms with Gasteiger partial charge in [-0.2, -0.15) is 5.10 Å². The highest BCUT2D eigenvalue weighted by atomic mass is 35.5. The van der Waals surface area contributed by atoms with E-state index in [1.807, 2.05) is 52.7 Å². The molecule has 4 aromatic rings. The zero-order valence-corrected chi connectivity index (χ0v) is 18.7. The first-order chi connectivity index (χ1) is 15.6. The standard InChI is InChI=1S/C24H20ClFN4OS/c25-17-6-1-3-8-20(17)30-22(16-19(27-30)23-10-5-15-32-23)24(31)29-13-11-28(12-14-29)21-9-4-2-7-18(21)26/h1-10,15-16H,11-14H2. The van der Waals surface area contributed by atoms with Crippen LogP contribution in [0.4, 0.5) is 10.1 Å². The molecule has 0 saturated carbocycles. The van der Waals surface area contributed by atoms with Crippen LogP contribution in [0.25, 0.3) is 16.3 Å². The van der Waals surface area contributed by atoms with Gasteiger partial charge in [-0.05, 0) is 41.8 Å². The zero-order valence-electron chi connectivity index (χ0n) is 17.1. The van der Waals surface area contributed by atoms with E-state index in [1.54, 1.807) is 39.1 Å². The molecule has 0 atom stereocenters. The fourth-order valence-electron chi connectivity index (χ4n) is 3.91. The van der Waals surface area contributed by atoms with Crippen LogP contribution in [-0.2, 0) is 0 Å². The van der Waals surface area contributed by atoms with Crippen molar-refractivity contribution in [2.45, 2.75) is 0 Å². The van der Waals surface area contributed by atoms with Crippen molar-refractivity contribution in [3.8, 4) is 16.3 Å². The predicted molar refractivity (Wildman–Crippen MR) is 126 cm³/mol. The van der Waals surface area contributed by atoms with Crippen LogP contribution in [0, 0.1) is 5.82 Å². The second kappa shape index (κ2) is 8.76. The fourth-order valence-corrected chi connectivity index (χ4v) is 4.80. The second-order valence-electron chi connectivity index (χ2n) is 7.49. The Morgan fingerprint density at radius 1 is 0.938 bits per heavy atom. The number of carbonyl (C=O) groups excluding carboxylic acids is 1. The lowest BCUT2D eigenvalue weighted by atomic mass is 10.2. The third-order valence-corrected chi connectivity index (χ3v) is 6.75. The molecular weight excluding hydrogens is 447 g/mol. The van der Waals surface area contributed by atoms with Gasteiger partial charge in [-0.15, -0.1) is 11.3 Å².